The Morgan fingerprint density at radius 3 is 2.65 bits per heavy atom. The summed E-state index contributed by atoms with van der Waals surface area (Å²) in [6.45, 7) is 3.51. The lowest BCUT2D eigenvalue weighted by molar-refractivity contribution is -0.141. The lowest BCUT2D eigenvalue weighted by atomic mass is 10.0. The standard InChI is InChI=1S/C26H29NO6S/c1-3-4-10-19-13-24(29)33-25-17(2)22(12-11-20(19)25)32-14-23(28)27-21(26(30)31)16-34-15-18-8-6-5-7-9-18/h5-9,11-13,21H,3-4,10,14-16H2,1-2H3,(H,27,28)(H,30,31). The van der Waals surface area contributed by atoms with Crippen molar-refractivity contribution in [3.8, 4) is 5.75 Å². The molecule has 0 spiro atoms. The Bertz CT molecular complexity index is 1190. The van der Waals surface area contributed by atoms with E-state index >= 15 is 0 Å². The Hall–Kier alpha value is -3.26. The lowest BCUT2D eigenvalue weighted by Crippen LogP contribution is -2.44. The van der Waals surface area contributed by atoms with Gasteiger partial charge in [0, 0.05) is 28.5 Å². The summed E-state index contributed by atoms with van der Waals surface area (Å²) >= 11 is 1.43. The van der Waals surface area contributed by atoms with E-state index in [1.54, 1.807) is 13.0 Å². The number of carboxylic acid groups (broad SMARTS) is 1. The van der Waals surface area contributed by atoms with Crippen molar-refractivity contribution in [2.75, 3.05) is 12.4 Å². The van der Waals surface area contributed by atoms with E-state index in [1.165, 1.54) is 17.8 Å². The quantitative estimate of drug-likeness (QED) is 0.370. The minimum atomic E-state index is -1.10. The van der Waals surface area contributed by atoms with Gasteiger partial charge in [-0.05, 0) is 43.0 Å². The van der Waals surface area contributed by atoms with Gasteiger partial charge in [0.05, 0.1) is 0 Å². The van der Waals surface area contributed by atoms with E-state index in [1.807, 2.05) is 36.4 Å². The van der Waals surface area contributed by atoms with Crippen molar-refractivity contribution in [3.63, 3.8) is 0 Å². The fourth-order valence-electron chi connectivity index (χ4n) is 3.56. The second-order valence-corrected chi connectivity index (χ2v) is 9.04. The first-order chi connectivity index (χ1) is 16.4. The first-order valence-electron chi connectivity index (χ1n) is 11.2. The van der Waals surface area contributed by atoms with Crippen LogP contribution < -0.4 is 15.7 Å². The zero-order valence-electron chi connectivity index (χ0n) is 19.3. The summed E-state index contributed by atoms with van der Waals surface area (Å²) in [7, 11) is 0. The number of amides is 1. The largest absolute Gasteiger partial charge is 0.483 e. The van der Waals surface area contributed by atoms with Crippen LogP contribution in [-0.4, -0.2) is 35.4 Å². The van der Waals surface area contributed by atoms with E-state index in [4.69, 9.17) is 9.15 Å². The maximum absolute atomic E-state index is 12.4. The predicted molar refractivity (Wildman–Crippen MR) is 133 cm³/mol. The number of hydrogen-bond donors (Lipinski definition) is 2. The number of carbonyl (C=O) groups is 2. The van der Waals surface area contributed by atoms with E-state index in [0.29, 0.717) is 22.6 Å². The summed E-state index contributed by atoms with van der Waals surface area (Å²) < 4.78 is 11.1. The molecule has 0 fully saturated rings. The third kappa shape index (κ3) is 6.87. The summed E-state index contributed by atoms with van der Waals surface area (Å²) in [4.78, 5) is 36.0. The molecule has 0 saturated carbocycles. The van der Waals surface area contributed by atoms with Gasteiger partial charge in [0.15, 0.2) is 6.61 Å². The monoisotopic (exact) mass is 483 g/mol. The molecule has 1 amide bonds. The number of carboxylic acids is 1. The molecule has 0 bridgehead atoms. The maximum atomic E-state index is 12.4. The van der Waals surface area contributed by atoms with Crippen molar-refractivity contribution in [1.82, 2.24) is 5.32 Å². The minimum absolute atomic E-state index is 0.233. The van der Waals surface area contributed by atoms with Crippen molar-refractivity contribution in [1.29, 1.82) is 0 Å². The van der Waals surface area contributed by atoms with Crippen molar-refractivity contribution in [2.24, 2.45) is 0 Å². The van der Waals surface area contributed by atoms with Gasteiger partial charge in [-0.2, -0.15) is 11.8 Å². The number of benzene rings is 2. The first-order valence-corrected chi connectivity index (χ1v) is 12.4. The molecule has 2 N–H and O–H groups in total. The molecular weight excluding hydrogens is 454 g/mol. The van der Waals surface area contributed by atoms with E-state index in [9.17, 15) is 19.5 Å². The number of ether oxygens (including phenoxy) is 1. The highest BCUT2D eigenvalue weighted by molar-refractivity contribution is 7.98. The fraction of sp³-hybridized carbons (Fsp3) is 0.346. The maximum Gasteiger partial charge on any atom is 0.336 e. The molecule has 0 saturated heterocycles. The van der Waals surface area contributed by atoms with Gasteiger partial charge in [-0.25, -0.2) is 9.59 Å². The molecule has 1 atom stereocenters. The third-order valence-corrected chi connectivity index (χ3v) is 6.49. The van der Waals surface area contributed by atoms with Crippen molar-refractivity contribution < 1.29 is 23.8 Å². The molecule has 0 aliphatic heterocycles. The van der Waals surface area contributed by atoms with E-state index < -0.39 is 23.5 Å². The molecule has 1 unspecified atom stereocenters. The molecule has 3 aromatic rings. The molecular formula is C26H29NO6S. The Morgan fingerprint density at radius 1 is 1.18 bits per heavy atom. The van der Waals surface area contributed by atoms with Crippen molar-refractivity contribution >= 4 is 34.6 Å². The minimum Gasteiger partial charge on any atom is -0.483 e. The Morgan fingerprint density at radius 2 is 1.94 bits per heavy atom. The van der Waals surface area contributed by atoms with Crippen LogP contribution in [0.25, 0.3) is 11.0 Å². The molecule has 3 rings (SSSR count). The van der Waals surface area contributed by atoms with Crippen LogP contribution in [0, 0.1) is 6.92 Å². The van der Waals surface area contributed by atoms with Crippen LogP contribution in [0.15, 0.2) is 57.7 Å². The highest BCUT2D eigenvalue weighted by Gasteiger charge is 2.21. The van der Waals surface area contributed by atoms with Gasteiger partial charge in [-0.15, -0.1) is 0 Å². The molecule has 2 aromatic carbocycles. The van der Waals surface area contributed by atoms with E-state index in [2.05, 4.69) is 12.2 Å². The number of carbonyl (C=O) groups excluding carboxylic acids is 1. The Kier molecular flexibility index (Phi) is 9.16. The highest BCUT2D eigenvalue weighted by atomic mass is 32.2. The van der Waals surface area contributed by atoms with E-state index in [-0.39, 0.29) is 12.4 Å². The molecule has 7 nitrogen and oxygen atoms in total. The number of rotatable bonds is 12. The molecule has 8 heteroatoms. The highest BCUT2D eigenvalue weighted by Crippen LogP contribution is 2.29. The Balaban J connectivity index is 1.61. The van der Waals surface area contributed by atoms with Crippen LogP contribution >= 0.6 is 11.8 Å². The van der Waals surface area contributed by atoms with Crippen molar-refractivity contribution in [3.05, 3.63) is 75.6 Å². The molecule has 0 aliphatic rings. The summed E-state index contributed by atoms with van der Waals surface area (Å²) in [5.74, 6) is -0.346. The van der Waals surface area contributed by atoms with Gasteiger partial charge in [0.1, 0.15) is 17.4 Å². The molecule has 0 radical (unpaired) electrons. The first kappa shape index (κ1) is 25.4. The van der Waals surface area contributed by atoms with E-state index in [0.717, 1.165) is 35.8 Å². The summed E-state index contributed by atoms with van der Waals surface area (Å²) in [5, 5.41) is 12.8. The lowest BCUT2D eigenvalue weighted by Gasteiger charge is -2.16. The molecule has 34 heavy (non-hydrogen) atoms. The number of hydrogen-bond acceptors (Lipinski definition) is 6. The third-order valence-electron chi connectivity index (χ3n) is 5.38. The number of unbranched alkanes of at least 4 members (excludes halogenated alkanes) is 1. The molecule has 1 heterocycles. The number of aliphatic carboxylic acids is 1. The second-order valence-electron chi connectivity index (χ2n) is 8.01. The second kappa shape index (κ2) is 12.3. The molecule has 1 aromatic heterocycles. The topological polar surface area (TPSA) is 106 Å². The zero-order valence-corrected chi connectivity index (χ0v) is 20.2. The van der Waals surface area contributed by atoms with Crippen LogP contribution in [0.3, 0.4) is 0 Å². The molecule has 0 aliphatic carbocycles. The zero-order chi connectivity index (χ0) is 24.5. The average molecular weight is 484 g/mol. The normalized spacial score (nSPS) is 11.8. The van der Waals surface area contributed by atoms with Gasteiger partial charge < -0.3 is 19.6 Å². The summed E-state index contributed by atoms with van der Waals surface area (Å²) in [6.07, 6.45) is 2.75. The SMILES string of the molecule is CCCCc1cc(=O)oc2c(C)c(OCC(=O)NC(CSCc3ccccc3)C(=O)O)ccc12. The van der Waals surface area contributed by atoms with Crippen LogP contribution in [0.5, 0.6) is 5.75 Å². The number of nitrogens with one attached hydrogen (secondary N) is 1. The average Bonchev–Trinajstić information content (AvgIpc) is 2.82. The predicted octanol–water partition coefficient (Wildman–Crippen LogP) is 4.33. The number of fused-ring (bicyclic) bond motifs is 1. The van der Waals surface area contributed by atoms with Crippen LogP contribution in [0.1, 0.15) is 36.5 Å². The van der Waals surface area contributed by atoms with Crippen LogP contribution in [-0.2, 0) is 21.8 Å². The van der Waals surface area contributed by atoms with Gasteiger partial charge in [0.2, 0.25) is 0 Å². The molecule has 180 valence electrons. The summed E-state index contributed by atoms with van der Waals surface area (Å²) in [5.41, 5.74) is 2.65. The van der Waals surface area contributed by atoms with Gasteiger partial charge >= 0.3 is 11.6 Å². The summed E-state index contributed by atoms with van der Waals surface area (Å²) in [6, 6.07) is 13.8. The number of aryl methyl sites for hydroxylation is 2. The van der Waals surface area contributed by atoms with Crippen LogP contribution in [0.4, 0.5) is 0 Å². The number of thioether (sulfide) groups is 1. The van der Waals surface area contributed by atoms with Crippen LogP contribution in [0.2, 0.25) is 0 Å². The van der Waals surface area contributed by atoms with Crippen molar-refractivity contribution in [2.45, 2.75) is 44.9 Å². The van der Waals surface area contributed by atoms with Gasteiger partial charge in [-0.3, -0.25) is 4.79 Å². The van der Waals surface area contributed by atoms with Gasteiger partial charge in [0.25, 0.3) is 5.91 Å². The fourth-order valence-corrected chi connectivity index (χ4v) is 4.57. The van der Waals surface area contributed by atoms with Gasteiger partial charge in [-0.1, -0.05) is 43.7 Å². The smallest absolute Gasteiger partial charge is 0.336 e. The Labute approximate surface area is 202 Å².